The van der Waals surface area contributed by atoms with Crippen molar-refractivity contribution in [1.82, 2.24) is 15.1 Å². The largest absolute Gasteiger partial charge is 0.497 e. The molecule has 0 aliphatic carbocycles. The molecule has 0 aliphatic heterocycles. The van der Waals surface area contributed by atoms with E-state index in [4.69, 9.17) is 19.3 Å². The predicted octanol–water partition coefficient (Wildman–Crippen LogP) is 4.23. The van der Waals surface area contributed by atoms with E-state index in [-0.39, 0.29) is 13.2 Å². The zero-order valence-corrected chi connectivity index (χ0v) is 17.9. The lowest BCUT2D eigenvalue weighted by molar-refractivity contribution is 0.191. The summed E-state index contributed by atoms with van der Waals surface area (Å²) in [6, 6.07) is 17.1. The molecule has 0 bridgehead atoms. The van der Waals surface area contributed by atoms with Crippen molar-refractivity contribution >= 4 is 6.09 Å². The minimum atomic E-state index is -1.07. The summed E-state index contributed by atoms with van der Waals surface area (Å²) in [5.74, 6) is 2.37. The molecule has 0 saturated heterocycles. The second-order valence-corrected chi connectivity index (χ2v) is 7.29. The Balaban J connectivity index is 1.83. The molecule has 0 fully saturated rings. The number of amides is 1. The second kappa shape index (κ2) is 10.4. The lowest BCUT2D eigenvalue weighted by Gasteiger charge is -2.10. The SMILES string of the molecule is COc1ccc(-n2nc(OCC(C)C)cc2-c2ccc(OCCNC(=O)O)cc2)cc1. The molecule has 0 radical (unpaired) electrons. The van der Waals surface area contributed by atoms with Crippen molar-refractivity contribution in [3.05, 3.63) is 54.6 Å². The molecular formula is C23H27N3O5. The quantitative estimate of drug-likeness (QED) is 0.472. The highest BCUT2D eigenvalue weighted by Gasteiger charge is 2.14. The topological polar surface area (TPSA) is 94.8 Å². The van der Waals surface area contributed by atoms with Crippen LogP contribution in [0.2, 0.25) is 0 Å². The highest BCUT2D eigenvalue weighted by atomic mass is 16.5. The number of hydrogen-bond donors (Lipinski definition) is 2. The van der Waals surface area contributed by atoms with Crippen LogP contribution in [0.3, 0.4) is 0 Å². The van der Waals surface area contributed by atoms with Gasteiger partial charge in [0.25, 0.3) is 0 Å². The first-order valence-corrected chi connectivity index (χ1v) is 10.0. The van der Waals surface area contributed by atoms with Crippen LogP contribution in [0.5, 0.6) is 17.4 Å². The van der Waals surface area contributed by atoms with Gasteiger partial charge < -0.3 is 24.6 Å². The van der Waals surface area contributed by atoms with Gasteiger partial charge in [0.2, 0.25) is 5.88 Å². The summed E-state index contributed by atoms with van der Waals surface area (Å²) in [7, 11) is 1.63. The smallest absolute Gasteiger partial charge is 0.404 e. The van der Waals surface area contributed by atoms with Crippen LogP contribution in [0, 0.1) is 5.92 Å². The number of carbonyl (C=O) groups is 1. The fourth-order valence-corrected chi connectivity index (χ4v) is 2.86. The molecule has 3 aromatic rings. The molecular weight excluding hydrogens is 398 g/mol. The number of rotatable bonds is 10. The number of nitrogens with one attached hydrogen (secondary N) is 1. The summed E-state index contributed by atoms with van der Waals surface area (Å²) in [6.07, 6.45) is -1.07. The lowest BCUT2D eigenvalue weighted by atomic mass is 10.1. The van der Waals surface area contributed by atoms with Gasteiger partial charge in [0.15, 0.2) is 0 Å². The average molecular weight is 425 g/mol. The summed E-state index contributed by atoms with van der Waals surface area (Å²) < 4.78 is 18.5. The zero-order valence-electron chi connectivity index (χ0n) is 17.9. The summed E-state index contributed by atoms with van der Waals surface area (Å²) in [4.78, 5) is 10.5. The maximum Gasteiger partial charge on any atom is 0.404 e. The Morgan fingerprint density at radius 1 is 1.06 bits per heavy atom. The van der Waals surface area contributed by atoms with Crippen LogP contribution in [0.15, 0.2) is 54.6 Å². The summed E-state index contributed by atoms with van der Waals surface area (Å²) in [5, 5.41) is 15.5. The Labute approximate surface area is 181 Å². The molecule has 0 spiro atoms. The van der Waals surface area contributed by atoms with Gasteiger partial charge in [0.1, 0.15) is 18.1 Å². The third-order valence-corrected chi connectivity index (χ3v) is 4.37. The Bertz CT molecular complexity index is 981. The molecule has 8 nitrogen and oxygen atoms in total. The van der Waals surface area contributed by atoms with Gasteiger partial charge in [-0.2, -0.15) is 0 Å². The first-order chi connectivity index (χ1) is 15.0. The standard InChI is InChI=1S/C23H27N3O5/c1-16(2)15-31-22-14-21(26(25-22)18-6-10-19(29-3)11-7-18)17-4-8-20(9-5-17)30-13-12-24-23(27)28/h4-11,14,16,24H,12-13,15H2,1-3H3,(H,27,28). The molecule has 8 heteroatoms. The molecule has 0 aliphatic rings. The van der Waals surface area contributed by atoms with Gasteiger partial charge in [0.05, 0.1) is 31.6 Å². The maximum absolute atomic E-state index is 10.5. The van der Waals surface area contributed by atoms with Crippen molar-refractivity contribution in [3.63, 3.8) is 0 Å². The van der Waals surface area contributed by atoms with Gasteiger partial charge >= 0.3 is 6.09 Å². The third kappa shape index (κ3) is 6.15. The number of carboxylic acid groups (broad SMARTS) is 1. The fraction of sp³-hybridized carbons (Fsp3) is 0.304. The van der Waals surface area contributed by atoms with Gasteiger partial charge in [-0.1, -0.05) is 13.8 Å². The number of ether oxygens (including phenoxy) is 3. The van der Waals surface area contributed by atoms with Gasteiger partial charge in [-0.05, 0) is 54.4 Å². The van der Waals surface area contributed by atoms with E-state index in [1.165, 1.54) is 0 Å². The first-order valence-electron chi connectivity index (χ1n) is 10.0. The molecule has 3 rings (SSSR count). The predicted molar refractivity (Wildman–Crippen MR) is 117 cm³/mol. The zero-order chi connectivity index (χ0) is 22.2. The first kappa shape index (κ1) is 22.0. The monoisotopic (exact) mass is 425 g/mol. The van der Waals surface area contributed by atoms with Gasteiger partial charge in [-0.3, -0.25) is 0 Å². The number of hydrogen-bond acceptors (Lipinski definition) is 5. The molecule has 1 heterocycles. The van der Waals surface area contributed by atoms with Crippen molar-refractivity contribution in [2.45, 2.75) is 13.8 Å². The maximum atomic E-state index is 10.5. The van der Waals surface area contributed by atoms with Crippen LogP contribution in [-0.2, 0) is 0 Å². The minimum Gasteiger partial charge on any atom is -0.497 e. The molecule has 0 atom stereocenters. The Morgan fingerprint density at radius 3 is 2.35 bits per heavy atom. The van der Waals surface area contributed by atoms with E-state index in [0.717, 1.165) is 22.7 Å². The summed E-state index contributed by atoms with van der Waals surface area (Å²) in [6.45, 7) is 5.23. The number of nitrogens with zero attached hydrogens (tertiary/aromatic N) is 2. The summed E-state index contributed by atoms with van der Waals surface area (Å²) in [5.41, 5.74) is 2.71. The number of aromatic nitrogens is 2. The van der Waals surface area contributed by atoms with E-state index in [1.54, 1.807) is 7.11 Å². The van der Waals surface area contributed by atoms with Gasteiger partial charge in [-0.25, -0.2) is 9.48 Å². The van der Waals surface area contributed by atoms with Gasteiger partial charge in [-0.15, -0.1) is 5.10 Å². The van der Waals surface area contributed by atoms with E-state index < -0.39 is 6.09 Å². The normalized spacial score (nSPS) is 10.7. The van der Waals surface area contributed by atoms with Crippen LogP contribution in [0.25, 0.3) is 16.9 Å². The lowest BCUT2D eigenvalue weighted by Crippen LogP contribution is -2.26. The van der Waals surface area contributed by atoms with Crippen LogP contribution in [-0.4, -0.2) is 47.8 Å². The van der Waals surface area contributed by atoms with Gasteiger partial charge in [0, 0.05) is 11.6 Å². The highest BCUT2D eigenvalue weighted by molar-refractivity contribution is 5.65. The molecule has 2 N–H and O–H groups in total. The van der Waals surface area contributed by atoms with Crippen molar-refractivity contribution in [3.8, 4) is 34.3 Å². The molecule has 31 heavy (non-hydrogen) atoms. The van der Waals surface area contributed by atoms with E-state index >= 15 is 0 Å². The van der Waals surface area contributed by atoms with Crippen LogP contribution >= 0.6 is 0 Å². The van der Waals surface area contributed by atoms with Crippen molar-refractivity contribution in [2.24, 2.45) is 5.92 Å². The van der Waals surface area contributed by atoms with Crippen molar-refractivity contribution in [2.75, 3.05) is 26.9 Å². The van der Waals surface area contributed by atoms with Crippen molar-refractivity contribution in [1.29, 1.82) is 0 Å². The van der Waals surface area contributed by atoms with E-state index in [0.29, 0.717) is 24.2 Å². The van der Waals surface area contributed by atoms with E-state index in [9.17, 15) is 4.79 Å². The van der Waals surface area contributed by atoms with Crippen LogP contribution in [0.1, 0.15) is 13.8 Å². The highest BCUT2D eigenvalue weighted by Crippen LogP contribution is 2.29. The van der Waals surface area contributed by atoms with Crippen LogP contribution < -0.4 is 19.5 Å². The van der Waals surface area contributed by atoms with Crippen LogP contribution in [0.4, 0.5) is 4.79 Å². The number of methoxy groups -OCH3 is 1. The molecule has 2 aromatic carbocycles. The summed E-state index contributed by atoms with van der Waals surface area (Å²) >= 11 is 0. The Morgan fingerprint density at radius 2 is 1.74 bits per heavy atom. The minimum absolute atomic E-state index is 0.220. The van der Waals surface area contributed by atoms with Crippen molar-refractivity contribution < 1.29 is 24.1 Å². The second-order valence-electron chi connectivity index (χ2n) is 7.29. The average Bonchev–Trinajstić information content (AvgIpc) is 3.20. The fourth-order valence-electron chi connectivity index (χ4n) is 2.86. The Hall–Kier alpha value is -3.68. The van der Waals surface area contributed by atoms with E-state index in [2.05, 4.69) is 24.3 Å². The molecule has 1 aromatic heterocycles. The molecule has 164 valence electrons. The molecule has 0 saturated carbocycles. The van der Waals surface area contributed by atoms with E-state index in [1.807, 2.05) is 59.3 Å². The molecule has 1 amide bonds. The number of benzene rings is 2. The Kier molecular flexibility index (Phi) is 7.37. The third-order valence-electron chi connectivity index (χ3n) is 4.37. The molecule has 0 unspecified atom stereocenters.